The zero-order valence-corrected chi connectivity index (χ0v) is 32.7. The molecule has 0 unspecified atom stereocenters. The van der Waals surface area contributed by atoms with Gasteiger partial charge in [0.1, 0.15) is 11.5 Å². The Bertz CT molecular complexity index is 3170. The fourth-order valence-electron chi connectivity index (χ4n) is 9.20. The zero-order chi connectivity index (χ0) is 40.2. The number of fused-ring (bicyclic) bond motifs is 10. The maximum Gasteiger partial charge on any atom is 0.159 e. The van der Waals surface area contributed by atoms with Crippen molar-refractivity contribution in [3.05, 3.63) is 242 Å². The van der Waals surface area contributed by atoms with Gasteiger partial charge in [-0.05, 0) is 74.8 Å². The number of rotatable bonds is 7. The number of hydrogen-bond donors (Lipinski definition) is 0. The molecule has 0 saturated carbocycles. The van der Waals surface area contributed by atoms with Gasteiger partial charge in [-0.25, -0.2) is 9.97 Å². The average Bonchev–Trinajstić information content (AvgIpc) is 3.61. The molecule has 7 aromatic carbocycles. The Morgan fingerprint density at radius 2 is 1.10 bits per heavy atom. The Morgan fingerprint density at radius 3 is 1.82 bits per heavy atom. The molecule has 1 spiro atoms. The van der Waals surface area contributed by atoms with Gasteiger partial charge in [-0.3, -0.25) is 4.98 Å². The van der Waals surface area contributed by atoms with E-state index in [0.29, 0.717) is 11.4 Å². The first-order chi connectivity index (χ1) is 29.6. The minimum Gasteiger partial charge on any atom is -0.457 e. The number of hydrogen-bond acceptors (Lipinski definition) is 4. The first-order valence-electron chi connectivity index (χ1n) is 20.1. The fraction of sp³-hybridized carbons (Fsp3) is 0.0179. The third-order valence-electron chi connectivity index (χ3n) is 11.9. The van der Waals surface area contributed by atoms with Crippen molar-refractivity contribution in [2.45, 2.75) is 5.41 Å². The van der Waals surface area contributed by atoms with Crippen LogP contribution in [-0.2, 0) is 5.41 Å². The van der Waals surface area contributed by atoms with E-state index in [2.05, 4.69) is 164 Å². The topological polar surface area (TPSA) is 47.9 Å². The molecule has 2 aromatic heterocycles. The zero-order valence-electron chi connectivity index (χ0n) is 32.7. The number of nitrogens with zero attached hydrogens (tertiary/aromatic N) is 3. The van der Waals surface area contributed by atoms with Crippen LogP contribution >= 0.6 is 0 Å². The molecular formula is C56H37N3O. The summed E-state index contributed by atoms with van der Waals surface area (Å²) in [5.41, 5.74) is 16.3. The molecule has 4 nitrogen and oxygen atoms in total. The lowest BCUT2D eigenvalue weighted by atomic mass is 9.66. The molecule has 11 rings (SSSR count). The summed E-state index contributed by atoms with van der Waals surface area (Å²) in [6, 6.07) is 62.4. The van der Waals surface area contributed by atoms with Gasteiger partial charge in [0.2, 0.25) is 0 Å². The van der Waals surface area contributed by atoms with Gasteiger partial charge in [0.25, 0.3) is 0 Å². The molecule has 2 aliphatic rings. The van der Waals surface area contributed by atoms with E-state index in [4.69, 9.17) is 14.7 Å². The lowest BCUT2D eigenvalue weighted by Crippen LogP contribution is -2.32. The third kappa shape index (κ3) is 5.57. The van der Waals surface area contributed by atoms with E-state index < -0.39 is 5.41 Å². The normalized spacial score (nSPS) is 13.0. The summed E-state index contributed by atoms with van der Waals surface area (Å²) < 4.78 is 7.12. The first-order valence-corrected chi connectivity index (χ1v) is 20.1. The van der Waals surface area contributed by atoms with Crippen molar-refractivity contribution in [2.75, 3.05) is 0 Å². The Morgan fingerprint density at radius 1 is 0.500 bits per heavy atom. The van der Waals surface area contributed by atoms with Crippen LogP contribution < -0.4 is 4.74 Å². The lowest BCUT2D eigenvalue weighted by molar-refractivity contribution is 0.437. The monoisotopic (exact) mass is 767 g/mol. The van der Waals surface area contributed by atoms with Gasteiger partial charge in [-0.15, -0.1) is 0 Å². The molecule has 4 heteroatoms. The maximum absolute atomic E-state index is 7.12. The summed E-state index contributed by atoms with van der Waals surface area (Å²) >= 11 is 0. The summed E-state index contributed by atoms with van der Waals surface area (Å²) in [6.07, 6.45) is 7.31. The van der Waals surface area contributed by atoms with Crippen LogP contribution in [0.2, 0.25) is 0 Å². The van der Waals surface area contributed by atoms with E-state index in [0.717, 1.165) is 78.3 Å². The fourth-order valence-corrected chi connectivity index (χ4v) is 9.20. The first kappa shape index (κ1) is 35.2. The molecule has 1 aliphatic carbocycles. The molecule has 1 aliphatic heterocycles. The van der Waals surface area contributed by atoms with Crippen molar-refractivity contribution in [2.24, 2.45) is 0 Å². The van der Waals surface area contributed by atoms with Gasteiger partial charge in [0.15, 0.2) is 5.82 Å². The largest absolute Gasteiger partial charge is 0.457 e. The van der Waals surface area contributed by atoms with Crippen LogP contribution in [0.4, 0.5) is 0 Å². The number of ether oxygens (including phenoxy) is 1. The summed E-state index contributed by atoms with van der Waals surface area (Å²) in [6.45, 7) is 8.13. The van der Waals surface area contributed by atoms with Gasteiger partial charge >= 0.3 is 0 Å². The number of allylic oxidation sites excluding steroid dienone is 4. The van der Waals surface area contributed by atoms with E-state index in [1.807, 2.05) is 48.7 Å². The van der Waals surface area contributed by atoms with Crippen LogP contribution in [0.1, 0.15) is 28.1 Å². The van der Waals surface area contributed by atoms with Crippen LogP contribution in [0.3, 0.4) is 0 Å². The molecular weight excluding hydrogens is 731 g/mol. The van der Waals surface area contributed by atoms with E-state index in [-0.39, 0.29) is 0 Å². The van der Waals surface area contributed by atoms with E-state index in [9.17, 15) is 0 Å². The predicted molar refractivity (Wildman–Crippen MR) is 245 cm³/mol. The quantitative estimate of drug-likeness (QED) is 0.152. The average molecular weight is 768 g/mol. The molecule has 0 radical (unpaired) electrons. The van der Waals surface area contributed by atoms with Crippen LogP contribution in [-0.4, -0.2) is 15.0 Å². The molecule has 0 atom stereocenters. The van der Waals surface area contributed by atoms with E-state index in [1.54, 1.807) is 6.08 Å². The van der Waals surface area contributed by atoms with Gasteiger partial charge in [0.05, 0.1) is 22.3 Å². The highest BCUT2D eigenvalue weighted by molar-refractivity contribution is 5.95. The molecule has 60 heavy (non-hydrogen) atoms. The summed E-state index contributed by atoms with van der Waals surface area (Å²) in [7, 11) is 0. The smallest absolute Gasteiger partial charge is 0.159 e. The van der Waals surface area contributed by atoms with Crippen LogP contribution in [0.5, 0.6) is 11.5 Å². The van der Waals surface area contributed by atoms with Crippen molar-refractivity contribution in [3.8, 4) is 67.4 Å². The molecule has 0 amide bonds. The number of benzene rings is 7. The molecule has 0 bridgehead atoms. The highest BCUT2D eigenvalue weighted by Crippen LogP contribution is 2.62. The second-order valence-corrected chi connectivity index (χ2v) is 15.3. The van der Waals surface area contributed by atoms with Crippen LogP contribution in [0.15, 0.2) is 214 Å². The number of pyridine rings is 1. The Hall–Kier alpha value is -7.95. The Balaban J connectivity index is 1.08. The van der Waals surface area contributed by atoms with Crippen molar-refractivity contribution in [1.82, 2.24) is 15.0 Å². The van der Waals surface area contributed by atoms with Gasteiger partial charge < -0.3 is 4.74 Å². The van der Waals surface area contributed by atoms with Crippen molar-refractivity contribution in [1.29, 1.82) is 0 Å². The SMILES string of the molecule is C=C/C=C\C(=C)c1nc(-c2ccccc2)cc(-c2ccc3c(c2)Oc2cc(-c4ccc(-c5cccc6ncccc56)cc4)ccc2C32c3ccccc3-c3ccccc32)n1. The number of aromatic nitrogens is 3. The standard InChI is InChI=1S/C56H37N3O/c1-3-4-14-36(2)55-58-51(39-15-6-5-7-16-39)35-52(59-55)41-29-31-49-54(34-41)60-53-33-40(37-24-26-38(27-25-37)42-19-12-23-50-45(42)20-13-32-57-50)28-30-48(53)56(49)46-21-10-8-17-43(46)44-18-9-11-22-47(44)56/h3-35H,1-2H2/b14-4-. The summed E-state index contributed by atoms with van der Waals surface area (Å²) in [5.74, 6) is 2.16. The van der Waals surface area contributed by atoms with Gasteiger partial charge in [0, 0.05) is 39.4 Å². The second kappa shape index (κ2) is 14.2. The van der Waals surface area contributed by atoms with E-state index in [1.165, 1.54) is 22.3 Å². The molecule has 282 valence electrons. The predicted octanol–water partition coefficient (Wildman–Crippen LogP) is 13.9. The molecule has 3 heterocycles. The van der Waals surface area contributed by atoms with Crippen molar-refractivity contribution >= 4 is 16.5 Å². The molecule has 0 saturated heterocycles. The van der Waals surface area contributed by atoms with Gasteiger partial charge in [-0.2, -0.15) is 0 Å². The Kier molecular flexibility index (Phi) is 8.31. The maximum atomic E-state index is 7.12. The highest BCUT2D eigenvalue weighted by atomic mass is 16.5. The van der Waals surface area contributed by atoms with E-state index >= 15 is 0 Å². The van der Waals surface area contributed by atoms with Crippen molar-refractivity contribution < 1.29 is 4.74 Å². The highest BCUT2D eigenvalue weighted by Gasteiger charge is 2.51. The minimum atomic E-state index is -0.602. The molecule has 9 aromatic rings. The minimum absolute atomic E-state index is 0.552. The summed E-state index contributed by atoms with van der Waals surface area (Å²) in [4.78, 5) is 14.6. The summed E-state index contributed by atoms with van der Waals surface area (Å²) in [5, 5.41) is 1.14. The Labute approximate surface area is 349 Å². The van der Waals surface area contributed by atoms with Crippen LogP contribution in [0.25, 0.3) is 72.4 Å². The molecule has 0 fully saturated rings. The van der Waals surface area contributed by atoms with Crippen LogP contribution in [0, 0.1) is 0 Å². The van der Waals surface area contributed by atoms with Crippen molar-refractivity contribution in [3.63, 3.8) is 0 Å². The third-order valence-corrected chi connectivity index (χ3v) is 11.9. The second-order valence-electron chi connectivity index (χ2n) is 15.3. The lowest BCUT2D eigenvalue weighted by Gasteiger charge is -2.39. The molecule has 0 N–H and O–H groups in total. The van der Waals surface area contributed by atoms with Gasteiger partial charge in [-0.1, -0.05) is 177 Å².